The van der Waals surface area contributed by atoms with E-state index in [0.717, 1.165) is 23.7 Å². The Kier molecular flexibility index (Phi) is 4.23. The highest BCUT2D eigenvalue weighted by atomic mass is 35.5. The zero-order chi connectivity index (χ0) is 14.0. The second-order valence-electron chi connectivity index (χ2n) is 6.22. The second-order valence-corrected chi connectivity index (χ2v) is 6.63. The maximum absolute atomic E-state index is 6.26. The average Bonchev–Trinajstić information content (AvgIpc) is 2.96. The van der Waals surface area contributed by atoms with Gasteiger partial charge in [0.1, 0.15) is 11.9 Å². The quantitative estimate of drug-likeness (QED) is 0.868. The molecule has 2 saturated carbocycles. The molecule has 110 valence electrons. The van der Waals surface area contributed by atoms with Crippen LogP contribution in [0.15, 0.2) is 24.3 Å². The molecule has 2 fully saturated rings. The Labute approximate surface area is 126 Å². The van der Waals surface area contributed by atoms with Crippen LogP contribution in [0.5, 0.6) is 5.75 Å². The molecule has 20 heavy (non-hydrogen) atoms. The Morgan fingerprint density at radius 1 is 1.30 bits per heavy atom. The Morgan fingerprint density at radius 3 is 2.75 bits per heavy atom. The van der Waals surface area contributed by atoms with Crippen LogP contribution in [0, 0.1) is 5.41 Å². The van der Waals surface area contributed by atoms with Gasteiger partial charge in [0.15, 0.2) is 0 Å². The molecule has 0 heterocycles. The Hall–Kier alpha value is -0.730. The smallest absolute Gasteiger partial charge is 0.138 e. The number of benzene rings is 1. The monoisotopic (exact) mass is 293 g/mol. The molecule has 2 unspecified atom stereocenters. The van der Waals surface area contributed by atoms with Crippen molar-refractivity contribution < 1.29 is 4.74 Å². The lowest BCUT2D eigenvalue weighted by Gasteiger charge is -2.54. The maximum atomic E-state index is 6.26. The van der Waals surface area contributed by atoms with E-state index in [0.29, 0.717) is 17.6 Å². The van der Waals surface area contributed by atoms with Crippen LogP contribution in [-0.2, 0) is 0 Å². The third-order valence-corrected chi connectivity index (χ3v) is 5.38. The minimum Gasteiger partial charge on any atom is -0.488 e. The van der Waals surface area contributed by atoms with Crippen LogP contribution in [0.1, 0.15) is 45.4 Å². The first-order valence-corrected chi connectivity index (χ1v) is 8.28. The molecule has 2 aliphatic carbocycles. The summed E-state index contributed by atoms with van der Waals surface area (Å²) in [4.78, 5) is 0. The van der Waals surface area contributed by atoms with Crippen molar-refractivity contribution in [1.82, 2.24) is 5.32 Å². The molecule has 1 aromatic rings. The fourth-order valence-corrected chi connectivity index (χ4v) is 4.10. The molecule has 0 saturated heterocycles. The van der Waals surface area contributed by atoms with E-state index in [-0.39, 0.29) is 0 Å². The van der Waals surface area contributed by atoms with Crippen LogP contribution in [0.3, 0.4) is 0 Å². The first-order valence-electron chi connectivity index (χ1n) is 7.91. The van der Waals surface area contributed by atoms with E-state index < -0.39 is 0 Å². The van der Waals surface area contributed by atoms with E-state index >= 15 is 0 Å². The number of para-hydroxylation sites is 1. The Balaban J connectivity index is 1.70. The van der Waals surface area contributed by atoms with Crippen LogP contribution in [0.25, 0.3) is 0 Å². The molecule has 2 aliphatic rings. The maximum Gasteiger partial charge on any atom is 0.138 e. The van der Waals surface area contributed by atoms with Crippen molar-refractivity contribution in [3.63, 3.8) is 0 Å². The fourth-order valence-electron chi connectivity index (χ4n) is 3.92. The molecule has 2 atom stereocenters. The van der Waals surface area contributed by atoms with Gasteiger partial charge in [0.2, 0.25) is 0 Å². The molecule has 1 N–H and O–H groups in total. The highest BCUT2D eigenvalue weighted by Gasteiger charge is 2.57. The van der Waals surface area contributed by atoms with Gasteiger partial charge in [0.25, 0.3) is 0 Å². The molecule has 0 aromatic heterocycles. The summed E-state index contributed by atoms with van der Waals surface area (Å²) in [6.07, 6.45) is 7.92. The van der Waals surface area contributed by atoms with Crippen molar-refractivity contribution in [2.45, 2.75) is 57.6 Å². The van der Waals surface area contributed by atoms with E-state index in [1.54, 1.807) is 0 Å². The lowest BCUT2D eigenvalue weighted by molar-refractivity contribution is -0.0759. The van der Waals surface area contributed by atoms with Crippen LogP contribution in [0.2, 0.25) is 5.02 Å². The molecule has 2 nitrogen and oxygen atoms in total. The molecule has 0 bridgehead atoms. The van der Waals surface area contributed by atoms with E-state index in [9.17, 15) is 0 Å². The first kappa shape index (κ1) is 14.2. The molecule has 0 radical (unpaired) electrons. The predicted octanol–water partition coefficient (Wildman–Crippen LogP) is 4.42. The van der Waals surface area contributed by atoms with Gasteiger partial charge in [0.05, 0.1) is 5.02 Å². The molecular weight excluding hydrogens is 270 g/mol. The minimum atomic E-state index is 0.333. The van der Waals surface area contributed by atoms with Gasteiger partial charge in [0, 0.05) is 17.9 Å². The highest BCUT2D eigenvalue weighted by molar-refractivity contribution is 6.32. The van der Waals surface area contributed by atoms with E-state index in [1.165, 1.54) is 32.1 Å². The third-order valence-electron chi connectivity index (χ3n) is 5.07. The van der Waals surface area contributed by atoms with Gasteiger partial charge in [-0.05, 0) is 37.9 Å². The van der Waals surface area contributed by atoms with Gasteiger partial charge in [-0.1, -0.05) is 43.5 Å². The van der Waals surface area contributed by atoms with Crippen LogP contribution >= 0.6 is 11.6 Å². The number of ether oxygens (including phenoxy) is 1. The number of hydrogen-bond acceptors (Lipinski definition) is 2. The molecular formula is C17H24ClNO. The number of halogens is 1. The van der Waals surface area contributed by atoms with Gasteiger partial charge in [-0.2, -0.15) is 0 Å². The standard InChI is InChI=1S/C17H24ClNO/c1-2-11-19-15-12-16(17(15)9-5-6-10-17)20-14-8-4-3-7-13(14)18/h3-4,7-8,15-16,19H,2,5-6,9-12H2,1H3. The molecule has 3 rings (SSSR count). The van der Waals surface area contributed by atoms with E-state index in [2.05, 4.69) is 12.2 Å². The van der Waals surface area contributed by atoms with Crippen molar-refractivity contribution in [1.29, 1.82) is 0 Å². The van der Waals surface area contributed by atoms with Gasteiger partial charge < -0.3 is 10.1 Å². The zero-order valence-electron chi connectivity index (χ0n) is 12.2. The van der Waals surface area contributed by atoms with E-state index in [4.69, 9.17) is 16.3 Å². The summed E-state index contributed by atoms with van der Waals surface area (Å²) in [5.41, 5.74) is 0.355. The second kappa shape index (κ2) is 5.95. The fraction of sp³-hybridized carbons (Fsp3) is 0.647. The molecule has 1 aromatic carbocycles. The summed E-state index contributed by atoms with van der Waals surface area (Å²) in [5, 5.41) is 4.45. The normalized spacial score (nSPS) is 27.5. The van der Waals surface area contributed by atoms with Gasteiger partial charge >= 0.3 is 0 Å². The average molecular weight is 294 g/mol. The lowest BCUT2D eigenvalue weighted by atomic mass is 9.60. The summed E-state index contributed by atoms with van der Waals surface area (Å²) >= 11 is 6.22. The van der Waals surface area contributed by atoms with Crippen molar-refractivity contribution in [2.75, 3.05) is 6.54 Å². The topological polar surface area (TPSA) is 21.3 Å². The van der Waals surface area contributed by atoms with Gasteiger partial charge in [-0.3, -0.25) is 0 Å². The third kappa shape index (κ3) is 2.44. The summed E-state index contributed by atoms with van der Waals surface area (Å²) < 4.78 is 6.26. The first-order chi connectivity index (χ1) is 9.76. The SMILES string of the molecule is CCCNC1CC(Oc2ccccc2Cl)C12CCCC2. The van der Waals surface area contributed by atoms with Gasteiger partial charge in [-0.25, -0.2) is 0 Å². The van der Waals surface area contributed by atoms with Crippen molar-refractivity contribution in [3.8, 4) is 5.75 Å². The van der Waals surface area contributed by atoms with Crippen LogP contribution in [-0.4, -0.2) is 18.7 Å². The minimum absolute atomic E-state index is 0.333. The van der Waals surface area contributed by atoms with Crippen LogP contribution in [0.4, 0.5) is 0 Å². The molecule has 3 heteroatoms. The molecule has 0 aliphatic heterocycles. The van der Waals surface area contributed by atoms with Crippen molar-refractivity contribution in [3.05, 3.63) is 29.3 Å². The van der Waals surface area contributed by atoms with Crippen LogP contribution < -0.4 is 10.1 Å². The molecule has 0 amide bonds. The zero-order valence-corrected chi connectivity index (χ0v) is 13.0. The summed E-state index contributed by atoms with van der Waals surface area (Å²) in [6, 6.07) is 8.47. The number of nitrogens with one attached hydrogen (secondary N) is 1. The molecule has 1 spiro atoms. The lowest BCUT2D eigenvalue weighted by Crippen LogP contribution is -2.63. The van der Waals surface area contributed by atoms with Crippen molar-refractivity contribution >= 4 is 11.6 Å². The summed E-state index contributed by atoms with van der Waals surface area (Å²) in [7, 11) is 0. The summed E-state index contributed by atoms with van der Waals surface area (Å²) in [5.74, 6) is 0.847. The Morgan fingerprint density at radius 2 is 2.05 bits per heavy atom. The predicted molar refractivity (Wildman–Crippen MR) is 83.5 cm³/mol. The largest absolute Gasteiger partial charge is 0.488 e. The number of rotatable bonds is 5. The van der Waals surface area contributed by atoms with Crippen molar-refractivity contribution in [2.24, 2.45) is 5.41 Å². The Bertz CT molecular complexity index is 456. The van der Waals surface area contributed by atoms with Gasteiger partial charge in [-0.15, -0.1) is 0 Å². The summed E-state index contributed by atoms with van der Waals surface area (Å²) in [6.45, 7) is 3.34. The highest BCUT2D eigenvalue weighted by Crippen LogP contribution is 2.55. The number of hydrogen-bond donors (Lipinski definition) is 1. The van der Waals surface area contributed by atoms with E-state index in [1.807, 2.05) is 24.3 Å².